The number of amides is 1. The fourth-order valence-corrected chi connectivity index (χ4v) is 3.14. The van der Waals surface area contributed by atoms with E-state index in [2.05, 4.69) is 10.2 Å². The first kappa shape index (κ1) is 19.2. The van der Waals surface area contributed by atoms with Crippen molar-refractivity contribution in [2.24, 2.45) is 0 Å². The number of nitrogens with one attached hydrogen (secondary N) is 1. The molecule has 0 aliphatic carbocycles. The van der Waals surface area contributed by atoms with Crippen LogP contribution >= 0.6 is 0 Å². The Morgan fingerprint density at radius 3 is 2.70 bits per heavy atom. The minimum absolute atomic E-state index is 0.00616. The second kappa shape index (κ2) is 7.99. The third-order valence-electron chi connectivity index (χ3n) is 4.43. The smallest absolute Gasteiger partial charge is 0.406 e. The van der Waals surface area contributed by atoms with E-state index in [1.54, 1.807) is 24.3 Å². The number of H-pyrrole nitrogens is 1. The molecule has 0 radical (unpaired) electrons. The first-order chi connectivity index (χ1) is 12.9. The van der Waals surface area contributed by atoms with Crippen molar-refractivity contribution in [1.29, 1.82) is 0 Å². The van der Waals surface area contributed by atoms with E-state index in [9.17, 15) is 18.0 Å². The van der Waals surface area contributed by atoms with Crippen molar-refractivity contribution < 1.29 is 27.4 Å². The topological polar surface area (TPSA) is 67.4 Å². The summed E-state index contributed by atoms with van der Waals surface area (Å²) in [6.45, 7) is -0.636. The van der Waals surface area contributed by atoms with Crippen LogP contribution in [0, 0.1) is 0 Å². The summed E-state index contributed by atoms with van der Waals surface area (Å²) in [7, 11) is 1.51. The number of rotatable bonds is 5. The number of carbonyl (C=O) groups excluding carboxylic acids is 1. The van der Waals surface area contributed by atoms with Crippen LogP contribution in [-0.4, -0.2) is 60.1 Å². The van der Waals surface area contributed by atoms with Gasteiger partial charge < -0.3 is 14.4 Å². The van der Waals surface area contributed by atoms with Gasteiger partial charge in [0.1, 0.15) is 18.0 Å². The first-order valence-electron chi connectivity index (χ1n) is 8.53. The van der Waals surface area contributed by atoms with Gasteiger partial charge in [0.15, 0.2) is 0 Å². The average Bonchev–Trinajstić information content (AvgIpc) is 3.15. The van der Waals surface area contributed by atoms with Gasteiger partial charge in [-0.1, -0.05) is 12.1 Å². The molecule has 1 aromatic carbocycles. The lowest BCUT2D eigenvalue weighted by atomic mass is 10.1. The quantitative estimate of drug-likeness (QED) is 0.861. The third-order valence-corrected chi connectivity index (χ3v) is 4.43. The first-order valence-corrected chi connectivity index (χ1v) is 8.53. The van der Waals surface area contributed by atoms with Gasteiger partial charge in [0, 0.05) is 24.8 Å². The Bertz CT molecular complexity index is 785. The van der Waals surface area contributed by atoms with Crippen molar-refractivity contribution in [1.82, 2.24) is 15.1 Å². The second-order valence-electron chi connectivity index (χ2n) is 6.26. The van der Waals surface area contributed by atoms with Crippen LogP contribution in [0.1, 0.15) is 23.3 Å². The predicted molar refractivity (Wildman–Crippen MR) is 91.5 cm³/mol. The van der Waals surface area contributed by atoms with Crippen LogP contribution in [-0.2, 0) is 4.74 Å². The Morgan fingerprint density at radius 2 is 2.04 bits per heavy atom. The van der Waals surface area contributed by atoms with Crippen molar-refractivity contribution in [3.8, 4) is 17.0 Å². The number of hydrogen-bond acceptors (Lipinski definition) is 4. The normalized spacial score (nSPS) is 15.6. The van der Waals surface area contributed by atoms with Crippen molar-refractivity contribution >= 4 is 5.91 Å². The Balaban J connectivity index is 1.87. The minimum atomic E-state index is -4.49. The van der Waals surface area contributed by atoms with E-state index in [4.69, 9.17) is 9.47 Å². The van der Waals surface area contributed by atoms with Crippen molar-refractivity contribution in [2.75, 3.05) is 26.9 Å². The van der Waals surface area contributed by atoms with E-state index in [-0.39, 0.29) is 5.69 Å². The van der Waals surface area contributed by atoms with Gasteiger partial charge in [-0.3, -0.25) is 9.89 Å². The molecule has 1 N–H and O–H groups in total. The number of halogens is 3. The number of hydrogen-bond donors (Lipinski definition) is 1. The van der Waals surface area contributed by atoms with Gasteiger partial charge in [-0.2, -0.15) is 18.3 Å². The molecule has 146 valence electrons. The summed E-state index contributed by atoms with van der Waals surface area (Å²) in [4.78, 5) is 13.7. The summed E-state index contributed by atoms with van der Waals surface area (Å²) in [5.41, 5.74) is 1.07. The molecule has 3 rings (SSSR count). The van der Waals surface area contributed by atoms with E-state index in [0.717, 1.165) is 4.90 Å². The molecule has 1 amide bonds. The number of nitrogens with zero attached hydrogens (tertiary/aromatic N) is 2. The average molecular weight is 383 g/mol. The zero-order valence-electron chi connectivity index (χ0n) is 14.8. The standard InChI is InChI=1S/C18H20F3N3O3/c1-26-16-5-3-2-4-13(16)14-10-15(23-22-14)17(25)24(11-18(19,20)21)12-6-8-27-9-7-12/h2-5,10,12H,6-9,11H2,1H3,(H,22,23). The maximum Gasteiger partial charge on any atom is 0.406 e. The molecular weight excluding hydrogens is 363 g/mol. The van der Waals surface area contributed by atoms with Crippen molar-refractivity contribution in [3.05, 3.63) is 36.0 Å². The molecular formula is C18H20F3N3O3. The number of para-hydroxylation sites is 1. The predicted octanol–water partition coefficient (Wildman–Crippen LogP) is 3.27. The molecule has 2 aromatic rings. The van der Waals surface area contributed by atoms with Crippen LogP contribution in [0.4, 0.5) is 13.2 Å². The summed E-state index contributed by atoms with van der Waals surface area (Å²) in [5.74, 6) is -0.174. The van der Waals surface area contributed by atoms with Gasteiger partial charge in [-0.15, -0.1) is 0 Å². The highest BCUT2D eigenvalue weighted by atomic mass is 19.4. The van der Waals surface area contributed by atoms with Crippen LogP contribution in [0.25, 0.3) is 11.3 Å². The van der Waals surface area contributed by atoms with E-state index < -0.39 is 24.7 Å². The van der Waals surface area contributed by atoms with Crippen LogP contribution < -0.4 is 4.74 Å². The summed E-state index contributed by atoms with van der Waals surface area (Å²) in [6, 6.07) is 8.00. The molecule has 0 atom stereocenters. The molecule has 1 aliphatic heterocycles. The molecule has 1 aliphatic rings. The number of carbonyl (C=O) groups is 1. The Hall–Kier alpha value is -2.55. The molecule has 6 nitrogen and oxygen atoms in total. The number of methoxy groups -OCH3 is 1. The summed E-state index contributed by atoms with van der Waals surface area (Å²) >= 11 is 0. The number of benzene rings is 1. The number of alkyl halides is 3. The summed E-state index contributed by atoms with van der Waals surface area (Å²) in [6.07, 6.45) is -3.75. The number of aromatic nitrogens is 2. The molecule has 0 spiro atoms. The van der Waals surface area contributed by atoms with E-state index in [0.29, 0.717) is 43.1 Å². The molecule has 1 saturated heterocycles. The molecule has 1 aromatic heterocycles. The summed E-state index contributed by atoms with van der Waals surface area (Å²) in [5, 5.41) is 6.65. The largest absolute Gasteiger partial charge is 0.496 e. The van der Waals surface area contributed by atoms with E-state index in [1.807, 2.05) is 0 Å². The molecule has 0 unspecified atom stereocenters. The molecule has 2 heterocycles. The lowest BCUT2D eigenvalue weighted by Gasteiger charge is -2.34. The van der Waals surface area contributed by atoms with Crippen molar-refractivity contribution in [3.63, 3.8) is 0 Å². The fraction of sp³-hybridized carbons (Fsp3) is 0.444. The summed E-state index contributed by atoms with van der Waals surface area (Å²) < 4.78 is 49.6. The molecule has 0 saturated carbocycles. The maximum atomic E-state index is 13.0. The van der Waals surface area contributed by atoms with Crippen LogP contribution in [0.3, 0.4) is 0 Å². The Kier molecular flexibility index (Phi) is 5.69. The van der Waals surface area contributed by atoms with E-state index >= 15 is 0 Å². The van der Waals surface area contributed by atoms with Gasteiger partial charge in [-0.25, -0.2) is 0 Å². The van der Waals surface area contributed by atoms with Crippen LogP contribution in [0.15, 0.2) is 30.3 Å². The maximum absolute atomic E-state index is 13.0. The molecule has 1 fully saturated rings. The lowest BCUT2D eigenvalue weighted by Crippen LogP contribution is -2.48. The van der Waals surface area contributed by atoms with Crippen molar-refractivity contribution in [2.45, 2.75) is 25.1 Å². The minimum Gasteiger partial charge on any atom is -0.496 e. The Morgan fingerprint density at radius 1 is 1.33 bits per heavy atom. The number of aromatic amines is 1. The molecule has 9 heteroatoms. The van der Waals surface area contributed by atoms with Gasteiger partial charge in [0.2, 0.25) is 0 Å². The van der Waals surface area contributed by atoms with E-state index in [1.165, 1.54) is 13.2 Å². The lowest BCUT2D eigenvalue weighted by molar-refractivity contribution is -0.147. The van der Waals surface area contributed by atoms with Gasteiger partial charge >= 0.3 is 6.18 Å². The van der Waals surface area contributed by atoms with Gasteiger partial charge in [0.05, 0.1) is 12.8 Å². The van der Waals surface area contributed by atoms with Gasteiger partial charge in [0.25, 0.3) is 5.91 Å². The number of ether oxygens (including phenoxy) is 2. The zero-order chi connectivity index (χ0) is 19.4. The highest BCUT2D eigenvalue weighted by Gasteiger charge is 2.38. The van der Waals surface area contributed by atoms with Crippen LogP contribution in [0.2, 0.25) is 0 Å². The second-order valence-corrected chi connectivity index (χ2v) is 6.26. The molecule has 0 bridgehead atoms. The van der Waals surface area contributed by atoms with Gasteiger partial charge in [-0.05, 0) is 31.0 Å². The zero-order valence-corrected chi connectivity index (χ0v) is 14.8. The fourth-order valence-electron chi connectivity index (χ4n) is 3.14. The highest BCUT2D eigenvalue weighted by Crippen LogP contribution is 2.29. The third kappa shape index (κ3) is 4.60. The Labute approximate surface area is 154 Å². The molecule has 27 heavy (non-hydrogen) atoms. The monoisotopic (exact) mass is 383 g/mol. The highest BCUT2D eigenvalue weighted by molar-refractivity contribution is 5.94. The SMILES string of the molecule is COc1ccccc1-c1cc(C(=O)N(CC(F)(F)F)C2CCOCC2)[nH]n1. The van der Waals surface area contributed by atoms with Crippen LogP contribution in [0.5, 0.6) is 5.75 Å².